The molecule has 0 fully saturated rings. The van der Waals surface area contributed by atoms with Gasteiger partial charge in [-0.25, -0.2) is 13.8 Å². The number of aromatic carboxylic acids is 2. The van der Waals surface area contributed by atoms with Gasteiger partial charge in [-0.05, 0) is 30.3 Å². The molecule has 1 unspecified atom stereocenters. The zero-order chi connectivity index (χ0) is 16.3. The molecule has 0 aliphatic heterocycles. The van der Waals surface area contributed by atoms with Gasteiger partial charge in [0.2, 0.25) is 0 Å². The average molecular weight is 338 g/mol. The molecular weight excluding hydrogens is 324 g/mol. The molecule has 0 heterocycles. The Hall–Kier alpha value is -2.71. The highest BCUT2D eigenvalue weighted by molar-refractivity contribution is 7.85. The smallest absolute Gasteiger partial charge is 0.337 e. The second-order valence-electron chi connectivity index (χ2n) is 4.24. The lowest BCUT2D eigenvalue weighted by Gasteiger charge is -2.10. The number of ether oxygens (including phenoxy) is 1. The minimum Gasteiger partial charge on any atom is -0.497 e. The van der Waals surface area contributed by atoms with Crippen molar-refractivity contribution in [2.45, 2.75) is 9.79 Å². The van der Waals surface area contributed by atoms with E-state index in [1.54, 1.807) is 6.07 Å². The van der Waals surface area contributed by atoms with E-state index in [4.69, 9.17) is 9.84 Å². The van der Waals surface area contributed by atoms with Crippen LogP contribution in [0.2, 0.25) is 0 Å². The van der Waals surface area contributed by atoms with E-state index in [2.05, 4.69) is 0 Å². The molecule has 0 amide bonds. The highest BCUT2D eigenvalue weighted by atomic mass is 32.2. The third-order valence-corrected chi connectivity index (χ3v) is 4.45. The molecule has 122 valence electrons. The molecule has 4 N–H and O–H groups in total. The van der Waals surface area contributed by atoms with E-state index in [1.807, 2.05) is 0 Å². The fourth-order valence-corrected chi connectivity index (χ4v) is 3.22. The SMILES string of the molecule is COc1ccc(S(=O)c2ccccc2C(=O)O)c(C(=O)O)c1.O. The van der Waals surface area contributed by atoms with Crippen molar-refractivity contribution >= 4 is 22.7 Å². The summed E-state index contributed by atoms with van der Waals surface area (Å²) in [5, 5.41) is 18.4. The first-order chi connectivity index (χ1) is 10.5. The summed E-state index contributed by atoms with van der Waals surface area (Å²) in [5.41, 5.74) is -0.328. The predicted molar refractivity (Wildman–Crippen MR) is 81.6 cm³/mol. The predicted octanol–water partition coefficient (Wildman–Crippen LogP) is 1.43. The average Bonchev–Trinajstić information content (AvgIpc) is 2.53. The largest absolute Gasteiger partial charge is 0.497 e. The molecule has 2 aromatic rings. The van der Waals surface area contributed by atoms with Gasteiger partial charge in [0, 0.05) is 0 Å². The van der Waals surface area contributed by atoms with Gasteiger partial charge in [-0.1, -0.05) is 12.1 Å². The number of carbonyl (C=O) groups is 2. The Morgan fingerprint density at radius 3 is 2.09 bits per heavy atom. The molecule has 7 nitrogen and oxygen atoms in total. The van der Waals surface area contributed by atoms with Gasteiger partial charge >= 0.3 is 11.9 Å². The quantitative estimate of drug-likeness (QED) is 0.847. The number of carboxylic acid groups (broad SMARTS) is 2. The summed E-state index contributed by atoms with van der Waals surface area (Å²) in [5.74, 6) is -2.19. The highest BCUT2D eigenvalue weighted by Crippen LogP contribution is 2.26. The third-order valence-electron chi connectivity index (χ3n) is 2.93. The Morgan fingerprint density at radius 1 is 0.957 bits per heavy atom. The lowest BCUT2D eigenvalue weighted by molar-refractivity contribution is 0.0683. The summed E-state index contributed by atoms with van der Waals surface area (Å²) in [6, 6.07) is 9.86. The van der Waals surface area contributed by atoms with Crippen LogP contribution in [0, 0.1) is 0 Å². The maximum atomic E-state index is 12.6. The molecule has 23 heavy (non-hydrogen) atoms. The minimum absolute atomic E-state index is 0. The standard InChI is InChI=1S/C15H12O6S.H2O/c1-21-9-6-7-13(11(8-9)15(18)19)22(20)12-5-3-2-4-10(12)14(16)17;/h2-8H,1H3,(H,16,17)(H,18,19);1H2. The Kier molecular flexibility index (Phi) is 6.00. The maximum Gasteiger partial charge on any atom is 0.337 e. The lowest BCUT2D eigenvalue weighted by atomic mass is 10.2. The molecule has 0 saturated carbocycles. The lowest BCUT2D eigenvalue weighted by Crippen LogP contribution is -2.09. The molecule has 0 aromatic heterocycles. The van der Waals surface area contributed by atoms with Crippen molar-refractivity contribution in [3.8, 4) is 5.75 Å². The fourth-order valence-electron chi connectivity index (χ4n) is 1.89. The number of carboxylic acids is 2. The number of methoxy groups -OCH3 is 1. The van der Waals surface area contributed by atoms with Crippen molar-refractivity contribution in [3.63, 3.8) is 0 Å². The zero-order valence-electron chi connectivity index (χ0n) is 12.0. The third kappa shape index (κ3) is 3.74. The van der Waals surface area contributed by atoms with Gasteiger partial charge < -0.3 is 20.4 Å². The summed E-state index contributed by atoms with van der Waals surface area (Å²) in [7, 11) is -0.552. The van der Waals surface area contributed by atoms with Crippen molar-refractivity contribution in [2.75, 3.05) is 7.11 Å². The number of benzene rings is 2. The Bertz CT molecular complexity index is 770. The topological polar surface area (TPSA) is 132 Å². The van der Waals surface area contributed by atoms with Gasteiger partial charge in [-0.3, -0.25) is 0 Å². The van der Waals surface area contributed by atoms with E-state index < -0.39 is 22.7 Å². The Balaban J connectivity index is 0.00000264. The van der Waals surface area contributed by atoms with Gasteiger partial charge in [0.05, 0.1) is 38.8 Å². The second kappa shape index (κ2) is 7.52. The normalized spacial score (nSPS) is 11.2. The number of hydrogen-bond acceptors (Lipinski definition) is 4. The number of hydrogen-bond donors (Lipinski definition) is 2. The summed E-state index contributed by atoms with van der Waals surface area (Å²) < 4.78 is 17.6. The van der Waals surface area contributed by atoms with Crippen LogP contribution >= 0.6 is 0 Å². The van der Waals surface area contributed by atoms with Crippen molar-refractivity contribution in [3.05, 3.63) is 53.6 Å². The maximum absolute atomic E-state index is 12.6. The fraction of sp³-hybridized carbons (Fsp3) is 0.0667. The van der Waals surface area contributed by atoms with Crippen molar-refractivity contribution in [1.29, 1.82) is 0 Å². The van der Waals surface area contributed by atoms with Gasteiger partial charge in [-0.15, -0.1) is 0 Å². The van der Waals surface area contributed by atoms with E-state index >= 15 is 0 Å². The zero-order valence-corrected chi connectivity index (χ0v) is 12.8. The second-order valence-corrected chi connectivity index (χ2v) is 5.65. The van der Waals surface area contributed by atoms with Crippen LogP contribution in [-0.2, 0) is 10.8 Å². The summed E-state index contributed by atoms with van der Waals surface area (Å²) >= 11 is 0. The van der Waals surface area contributed by atoms with Gasteiger partial charge in [0.25, 0.3) is 0 Å². The van der Waals surface area contributed by atoms with E-state index in [9.17, 15) is 18.9 Å². The monoisotopic (exact) mass is 338 g/mol. The molecule has 2 aromatic carbocycles. The van der Waals surface area contributed by atoms with Crippen molar-refractivity contribution in [2.24, 2.45) is 0 Å². The first kappa shape index (κ1) is 18.3. The molecule has 2 rings (SSSR count). The van der Waals surface area contributed by atoms with Crippen LogP contribution < -0.4 is 4.74 Å². The van der Waals surface area contributed by atoms with Crippen LogP contribution in [0.15, 0.2) is 52.3 Å². The van der Waals surface area contributed by atoms with Crippen LogP contribution in [0.25, 0.3) is 0 Å². The van der Waals surface area contributed by atoms with E-state index in [-0.39, 0.29) is 26.4 Å². The van der Waals surface area contributed by atoms with Crippen LogP contribution in [0.5, 0.6) is 5.75 Å². The van der Waals surface area contributed by atoms with Gasteiger partial charge in [0.15, 0.2) is 0 Å². The van der Waals surface area contributed by atoms with E-state index in [0.717, 1.165) is 0 Å². The Morgan fingerprint density at radius 2 is 1.52 bits per heavy atom. The Labute approximate surface area is 133 Å². The molecule has 0 saturated heterocycles. The number of rotatable bonds is 5. The molecule has 0 spiro atoms. The molecule has 8 heteroatoms. The highest BCUT2D eigenvalue weighted by Gasteiger charge is 2.21. The molecular formula is C15H14O7S. The van der Waals surface area contributed by atoms with E-state index in [1.165, 1.54) is 43.5 Å². The minimum atomic E-state index is -1.94. The first-order valence-corrected chi connectivity index (χ1v) is 7.26. The van der Waals surface area contributed by atoms with Crippen molar-refractivity contribution in [1.82, 2.24) is 0 Å². The van der Waals surface area contributed by atoms with Gasteiger partial charge in [-0.2, -0.15) is 0 Å². The molecule has 1 atom stereocenters. The molecule has 0 bridgehead atoms. The van der Waals surface area contributed by atoms with Crippen LogP contribution in [0.3, 0.4) is 0 Å². The molecule has 0 aliphatic rings. The van der Waals surface area contributed by atoms with E-state index in [0.29, 0.717) is 5.75 Å². The van der Waals surface area contributed by atoms with Gasteiger partial charge in [0.1, 0.15) is 5.75 Å². The summed E-state index contributed by atoms with van der Waals surface area (Å²) in [6.07, 6.45) is 0. The van der Waals surface area contributed by atoms with Crippen LogP contribution in [-0.4, -0.2) is 38.9 Å². The summed E-state index contributed by atoms with van der Waals surface area (Å²) in [6.45, 7) is 0. The van der Waals surface area contributed by atoms with Crippen LogP contribution in [0.4, 0.5) is 0 Å². The van der Waals surface area contributed by atoms with Crippen molar-refractivity contribution < 1.29 is 34.2 Å². The summed E-state index contributed by atoms with van der Waals surface area (Å²) in [4.78, 5) is 22.6. The first-order valence-electron chi connectivity index (χ1n) is 6.11. The molecule has 0 aliphatic carbocycles. The molecule has 0 radical (unpaired) electrons. The van der Waals surface area contributed by atoms with Crippen LogP contribution in [0.1, 0.15) is 20.7 Å².